The van der Waals surface area contributed by atoms with Crippen molar-refractivity contribution in [2.24, 2.45) is 0 Å². The lowest BCUT2D eigenvalue weighted by Crippen LogP contribution is -1.94. The van der Waals surface area contributed by atoms with Gasteiger partial charge in [0.15, 0.2) is 0 Å². The highest BCUT2D eigenvalue weighted by molar-refractivity contribution is 9.10. The Labute approximate surface area is 184 Å². The average Bonchev–Trinajstić information content (AvgIpc) is 3.42. The first kappa shape index (κ1) is 19.8. The van der Waals surface area contributed by atoms with Gasteiger partial charge in [-0.15, -0.1) is 11.3 Å². The lowest BCUT2D eigenvalue weighted by molar-refractivity contribution is 0.0697. The first-order valence-corrected chi connectivity index (χ1v) is 10.5. The van der Waals surface area contributed by atoms with E-state index in [0.717, 1.165) is 21.3 Å². The number of furan rings is 1. The summed E-state index contributed by atoms with van der Waals surface area (Å²) in [6.07, 6.45) is 1.65. The minimum Gasteiger partial charge on any atom is -0.478 e. The quantitative estimate of drug-likeness (QED) is 0.328. The fourth-order valence-corrected chi connectivity index (χ4v) is 3.86. The van der Waals surface area contributed by atoms with Crippen molar-refractivity contribution >= 4 is 44.9 Å². The highest BCUT2D eigenvalue weighted by Gasteiger charge is 2.11. The SMILES string of the molecule is N#C/C(=C\c1ccc(-c2ccc(C(=O)O)cc2)o1)c1nc(-c2ccc(Br)cc2)cs1. The normalized spacial score (nSPS) is 11.3. The van der Waals surface area contributed by atoms with E-state index in [0.29, 0.717) is 22.1 Å². The molecule has 4 aromatic rings. The highest BCUT2D eigenvalue weighted by atomic mass is 79.9. The first-order chi connectivity index (χ1) is 14.5. The van der Waals surface area contributed by atoms with Crippen molar-refractivity contribution < 1.29 is 14.3 Å². The van der Waals surface area contributed by atoms with Crippen LogP contribution in [-0.2, 0) is 0 Å². The minimum atomic E-state index is -0.978. The molecule has 0 unspecified atom stereocenters. The van der Waals surface area contributed by atoms with E-state index in [9.17, 15) is 10.1 Å². The molecule has 0 aliphatic heterocycles. The van der Waals surface area contributed by atoms with Crippen molar-refractivity contribution in [3.8, 4) is 28.7 Å². The van der Waals surface area contributed by atoms with Crippen molar-refractivity contribution in [1.82, 2.24) is 4.98 Å². The lowest BCUT2D eigenvalue weighted by Gasteiger charge is -1.98. The van der Waals surface area contributed by atoms with Gasteiger partial charge in [0, 0.05) is 27.1 Å². The zero-order chi connectivity index (χ0) is 21.1. The molecule has 0 aliphatic rings. The molecule has 4 rings (SSSR count). The van der Waals surface area contributed by atoms with Gasteiger partial charge in [0.25, 0.3) is 0 Å². The molecular weight excluding hydrogens is 464 g/mol. The monoisotopic (exact) mass is 476 g/mol. The molecule has 0 spiro atoms. The minimum absolute atomic E-state index is 0.211. The number of thiazole rings is 1. The predicted molar refractivity (Wildman–Crippen MR) is 120 cm³/mol. The molecule has 30 heavy (non-hydrogen) atoms. The summed E-state index contributed by atoms with van der Waals surface area (Å²) >= 11 is 4.81. The van der Waals surface area contributed by atoms with Crippen molar-refractivity contribution in [1.29, 1.82) is 5.26 Å². The maximum atomic E-state index is 11.0. The molecule has 0 fully saturated rings. The van der Waals surface area contributed by atoms with E-state index < -0.39 is 5.97 Å². The number of carboxylic acids is 1. The summed E-state index contributed by atoms with van der Waals surface area (Å²) in [5.74, 6) is 0.128. The van der Waals surface area contributed by atoms with Crippen LogP contribution in [0.3, 0.4) is 0 Å². The standard InChI is InChI=1S/C23H13BrN2O3S/c24-18-7-5-14(6-8-18)20-13-30-22(26-20)17(12-25)11-19-9-10-21(29-19)15-1-3-16(4-2-15)23(27)28/h1-11,13H,(H,27,28)/b17-11+. The third-order valence-electron chi connectivity index (χ3n) is 4.32. The number of nitrogens with zero attached hydrogens (tertiary/aromatic N) is 2. The topological polar surface area (TPSA) is 87.1 Å². The van der Waals surface area contributed by atoms with Gasteiger partial charge in [-0.05, 0) is 36.4 Å². The Kier molecular flexibility index (Phi) is 5.61. The van der Waals surface area contributed by atoms with Crippen LogP contribution in [0.15, 0.2) is 74.9 Å². The van der Waals surface area contributed by atoms with E-state index in [2.05, 4.69) is 27.0 Å². The van der Waals surface area contributed by atoms with Gasteiger partial charge < -0.3 is 9.52 Å². The fraction of sp³-hybridized carbons (Fsp3) is 0. The second-order valence-electron chi connectivity index (χ2n) is 6.30. The molecule has 0 radical (unpaired) electrons. The number of halogens is 1. The maximum absolute atomic E-state index is 11.0. The average molecular weight is 477 g/mol. The number of allylic oxidation sites excluding steroid dienone is 1. The number of benzene rings is 2. The third kappa shape index (κ3) is 4.25. The summed E-state index contributed by atoms with van der Waals surface area (Å²) in [4.78, 5) is 15.6. The summed E-state index contributed by atoms with van der Waals surface area (Å²) in [5, 5.41) is 21.1. The van der Waals surface area contributed by atoms with E-state index in [1.165, 1.54) is 23.5 Å². The second kappa shape index (κ2) is 8.49. The Morgan fingerprint density at radius 1 is 1.07 bits per heavy atom. The summed E-state index contributed by atoms with van der Waals surface area (Å²) in [6.45, 7) is 0. The Hall–Kier alpha value is -3.47. The van der Waals surface area contributed by atoms with Crippen LogP contribution in [0, 0.1) is 11.3 Å². The van der Waals surface area contributed by atoms with Gasteiger partial charge in [-0.3, -0.25) is 0 Å². The molecule has 0 atom stereocenters. The summed E-state index contributed by atoms with van der Waals surface area (Å²) in [5.41, 5.74) is 3.16. The molecule has 2 heterocycles. The van der Waals surface area contributed by atoms with Crippen LogP contribution in [0.25, 0.3) is 34.2 Å². The zero-order valence-electron chi connectivity index (χ0n) is 15.4. The lowest BCUT2D eigenvalue weighted by atomic mass is 10.1. The number of nitriles is 1. The van der Waals surface area contributed by atoms with E-state index in [1.54, 1.807) is 30.3 Å². The Morgan fingerprint density at radius 3 is 2.43 bits per heavy atom. The molecule has 2 aromatic heterocycles. The number of hydrogen-bond acceptors (Lipinski definition) is 5. The van der Waals surface area contributed by atoms with E-state index in [4.69, 9.17) is 9.52 Å². The Morgan fingerprint density at radius 2 is 1.77 bits per heavy atom. The smallest absolute Gasteiger partial charge is 0.335 e. The van der Waals surface area contributed by atoms with Crippen molar-refractivity contribution in [2.45, 2.75) is 0 Å². The number of carbonyl (C=O) groups is 1. The van der Waals surface area contributed by atoms with Gasteiger partial charge in [-0.1, -0.05) is 40.2 Å². The molecule has 7 heteroatoms. The van der Waals surface area contributed by atoms with Crippen molar-refractivity contribution in [2.75, 3.05) is 0 Å². The third-order valence-corrected chi connectivity index (χ3v) is 5.73. The fourth-order valence-electron chi connectivity index (χ4n) is 2.80. The summed E-state index contributed by atoms with van der Waals surface area (Å²) in [7, 11) is 0. The van der Waals surface area contributed by atoms with E-state index >= 15 is 0 Å². The number of aromatic carboxylic acids is 1. The number of rotatable bonds is 5. The van der Waals surface area contributed by atoms with Crippen LogP contribution in [0.1, 0.15) is 21.1 Å². The first-order valence-electron chi connectivity index (χ1n) is 8.81. The molecule has 0 bridgehead atoms. The Balaban J connectivity index is 1.59. The largest absolute Gasteiger partial charge is 0.478 e. The molecule has 5 nitrogen and oxygen atoms in total. The van der Waals surface area contributed by atoms with Gasteiger partial charge >= 0.3 is 5.97 Å². The van der Waals surface area contributed by atoms with Crippen molar-refractivity contribution in [3.05, 3.63) is 86.8 Å². The van der Waals surface area contributed by atoms with Gasteiger partial charge in [-0.25, -0.2) is 9.78 Å². The van der Waals surface area contributed by atoms with Gasteiger partial charge in [0.1, 0.15) is 22.6 Å². The van der Waals surface area contributed by atoms with Crippen LogP contribution < -0.4 is 0 Å². The molecular formula is C23H13BrN2O3S. The van der Waals surface area contributed by atoms with Crippen molar-refractivity contribution in [3.63, 3.8) is 0 Å². The number of aromatic nitrogens is 1. The van der Waals surface area contributed by atoms with E-state index in [-0.39, 0.29) is 5.56 Å². The highest BCUT2D eigenvalue weighted by Crippen LogP contribution is 2.29. The second-order valence-corrected chi connectivity index (χ2v) is 8.07. The molecule has 0 aliphatic carbocycles. The number of hydrogen-bond donors (Lipinski definition) is 1. The molecule has 0 saturated heterocycles. The molecule has 146 valence electrons. The van der Waals surface area contributed by atoms with Crippen LogP contribution in [0.4, 0.5) is 0 Å². The maximum Gasteiger partial charge on any atom is 0.335 e. The van der Waals surface area contributed by atoms with Crippen LogP contribution in [0.5, 0.6) is 0 Å². The van der Waals surface area contributed by atoms with Crippen LogP contribution >= 0.6 is 27.3 Å². The molecule has 0 amide bonds. The summed E-state index contributed by atoms with van der Waals surface area (Å²) < 4.78 is 6.82. The van der Waals surface area contributed by atoms with E-state index in [1.807, 2.05) is 29.6 Å². The van der Waals surface area contributed by atoms with Gasteiger partial charge in [0.2, 0.25) is 0 Å². The van der Waals surface area contributed by atoms with Gasteiger partial charge in [-0.2, -0.15) is 5.26 Å². The molecule has 0 saturated carbocycles. The number of carboxylic acid groups (broad SMARTS) is 1. The Bertz CT molecular complexity index is 1280. The predicted octanol–water partition coefficient (Wildman–Crippen LogP) is 6.59. The zero-order valence-corrected chi connectivity index (χ0v) is 17.8. The summed E-state index contributed by atoms with van der Waals surface area (Å²) in [6, 6.07) is 20.0. The molecule has 2 aromatic carbocycles. The van der Waals surface area contributed by atoms with Crippen LogP contribution in [0.2, 0.25) is 0 Å². The molecule has 1 N–H and O–H groups in total. The van der Waals surface area contributed by atoms with Crippen LogP contribution in [-0.4, -0.2) is 16.1 Å². The van der Waals surface area contributed by atoms with Gasteiger partial charge in [0.05, 0.1) is 16.8 Å².